The fourth-order valence-corrected chi connectivity index (χ4v) is 6.11. The number of carbonyl (C=O) groups is 2. The number of hydrogen-bond donors (Lipinski definition) is 1. The summed E-state index contributed by atoms with van der Waals surface area (Å²) in [5.41, 5.74) is -0.653. The molecule has 12 nitrogen and oxygen atoms in total. The number of hydrogen-bond acceptors (Lipinski definition) is 8. The Morgan fingerprint density at radius 3 is 2.61 bits per heavy atom. The van der Waals surface area contributed by atoms with E-state index in [0.717, 1.165) is 15.5 Å². The first-order valence-electron chi connectivity index (χ1n) is 15.0. The number of anilines is 1. The van der Waals surface area contributed by atoms with Gasteiger partial charge in [0.25, 0.3) is 11.5 Å². The molecule has 3 N–H and O–H groups in total. The van der Waals surface area contributed by atoms with Gasteiger partial charge in [-0.15, -0.1) is 0 Å². The predicted molar refractivity (Wildman–Crippen MR) is 171 cm³/mol. The molecule has 1 aliphatic heterocycles. The lowest BCUT2D eigenvalue weighted by Gasteiger charge is -2.38. The van der Waals surface area contributed by atoms with Gasteiger partial charge >= 0.3 is 17.8 Å². The molecule has 2 atom stereocenters. The predicted octanol–water partition coefficient (Wildman–Crippen LogP) is 2.44. The van der Waals surface area contributed by atoms with Gasteiger partial charge in [-0.25, -0.2) is 13.8 Å². The molecule has 2 unspecified atom stereocenters. The second-order valence-corrected chi connectivity index (χ2v) is 11.6. The van der Waals surface area contributed by atoms with Crippen LogP contribution in [0.2, 0.25) is 0 Å². The van der Waals surface area contributed by atoms with Gasteiger partial charge < -0.3 is 20.1 Å². The number of nitrogens with one attached hydrogen (secondary N) is 1. The number of fused-ring (bicyclic) bond motifs is 2. The van der Waals surface area contributed by atoms with Crippen LogP contribution in [0, 0.1) is 12.7 Å². The molecule has 3 aromatic heterocycles. The molecule has 1 fully saturated rings. The number of amides is 1. The van der Waals surface area contributed by atoms with Gasteiger partial charge in [0.1, 0.15) is 11.9 Å². The third-order valence-corrected chi connectivity index (χ3v) is 8.54. The van der Waals surface area contributed by atoms with Crippen LogP contribution in [0.5, 0.6) is 0 Å². The molecule has 4 heterocycles. The van der Waals surface area contributed by atoms with Crippen LogP contribution in [0.4, 0.5) is 23.2 Å². The van der Waals surface area contributed by atoms with E-state index in [9.17, 15) is 32.3 Å². The lowest BCUT2D eigenvalue weighted by Crippen LogP contribution is -2.53. The number of alkyl halides is 3. The number of benzene rings is 2. The number of nitrogens with zero attached hydrogens (tertiary/aromatic N) is 5. The number of rotatable bonds is 7. The Bertz CT molecular complexity index is 2230. The van der Waals surface area contributed by atoms with Crippen LogP contribution in [-0.2, 0) is 23.0 Å². The van der Waals surface area contributed by atoms with E-state index in [1.807, 2.05) is 0 Å². The number of morpholine rings is 1. The van der Waals surface area contributed by atoms with Crippen molar-refractivity contribution in [1.82, 2.24) is 24.4 Å². The smallest absolute Gasteiger partial charge is 0.538 e. The molecule has 0 spiro atoms. The van der Waals surface area contributed by atoms with Gasteiger partial charge in [-0.1, -0.05) is 12.1 Å². The third-order valence-electron chi connectivity index (χ3n) is 8.54. The second-order valence-electron chi connectivity index (χ2n) is 11.6. The average molecular weight is 682 g/mol. The standard InChI is InChI=1S/C33H28F4N6O6/c1-17-12-19(42-10-11-49-16-26(42)33(35,36)37)14-22(34)27(17)29(44)40-23(31(46)47)13-18-5-6-24(28-20(18)4-3-8-39-28)43-30(45)21-7-9-38-15-25(21)41(2)32(43)48/h3-9,12,14-15,23,26H,10-11,13,16H2,1-2H3,(H,40,44)(H,46,47)/p+1. The van der Waals surface area contributed by atoms with E-state index in [0.29, 0.717) is 16.5 Å². The number of carbonyl (C=O) groups excluding carboxylic acids is 2. The SMILES string of the molecule is Cc1cc(N2CCOCC2C(F)(F)F)cc(F)c1C(=O)NC(Cc1ccc(-n2c(=O)c3ccncc3n(C)c2=O)c2ncccc12)C(=O)[OH2+]. The normalized spacial score (nSPS) is 15.8. The summed E-state index contributed by atoms with van der Waals surface area (Å²) < 4.78 is 63.5. The van der Waals surface area contributed by atoms with E-state index in [4.69, 9.17) is 9.84 Å². The molecule has 254 valence electrons. The van der Waals surface area contributed by atoms with E-state index in [-0.39, 0.29) is 47.4 Å². The number of aryl methyl sites for hydroxylation is 2. The Labute approximate surface area is 274 Å². The van der Waals surface area contributed by atoms with Gasteiger partial charge in [-0.3, -0.25) is 24.1 Å². The van der Waals surface area contributed by atoms with Crippen LogP contribution in [-0.4, -0.2) is 74.1 Å². The summed E-state index contributed by atoms with van der Waals surface area (Å²) in [6.07, 6.45) is -0.595. The lowest BCUT2D eigenvalue weighted by molar-refractivity contribution is -0.167. The summed E-state index contributed by atoms with van der Waals surface area (Å²) in [5.74, 6) is -3.34. The lowest BCUT2D eigenvalue weighted by atomic mass is 9.99. The fraction of sp³-hybridized carbons (Fsp3) is 0.273. The summed E-state index contributed by atoms with van der Waals surface area (Å²) >= 11 is 0. The molecule has 6 rings (SSSR count). The molecule has 5 aromatic rings. The largest absolute Gasteiger partial charge is 0.563 e. The minimum Gasteiger partial charge on any atom is -0.563 e. The molecule has 1 aliphatic rings. The molecular weight excluding hydrogens is 652 g/mol. The molecule has 1 amide bonds. The maximum Gasteiger partial charge on any atom is 0.538 e. The van der Waals surface area contributed by atoms with E-state index in [1.54, 1.807) is 12.1 Å². The minimum atomic E-state index is -4.64. The van der Waals surface area contributed by atoms with Crippen LogP contribution < -0.4 is 21.5 Å². The third kappa shape index (κ3) is 6.10. The summed E-state index contributed by atoms with van der Waals surface area (Å²) in [6.45, 7) is 0.586. The van der Waals surface area contributed by atoms with Crippen molar-refractivity contribution in [1.29, 1.82) is 0 Å². The highest BCUT2D eigenvalue weighted by Crippen LogP contribution is 2.33. The van der Waals surface area contributed by atoms with Gasteiger partial charge in [0, 0.05) is 48.3 Å². The van der Waals surface area contributed by atoms with Crippen molar-refractivity contribution in [3.8, 4) is 5.69 Å². The van der Waals surface area contributed by atoms with Gasteiger partial charge in [0.05, 0.1) is 47.1 Å². The molecule has 2 aromatic carbocycles. The molecule has 0 radical (unpaired) electrons. The summed E-state index contributed by atoms with van der Waals surface area (Å²) in [6, 6.07) is 6.34. The topological polar surface area (TPSA) is 151 Å². The Hall–Kier alpha value is -5.64. The van der Waals surface area contributed by atoms with Crippen LogP contribution >= 0.6 is 0 Å². The minimum absolute atomic E-state index is 0.00131. The van der Waals surface area contributed by atoms with Crippen LogP contribution in [0.25, 0.3) is 27.5 Å². The molecule has 1 saturated heterocycles. The first-order chi connectivity index (χ1) is 23.3. The number of aromatic nitrogens is 4. The van der Waals surface area contributed by atoms with Crippen LogP contribution in [0.1, 0.15) is 21.5 Å². The Balaban J connectivity index is 1.32. The van der Waals surface area contributed by atoms with Crippen molar-refractivity contribution in [3.05, 3.63) is 104 Å². The molecular formula is C33H29F4N6O6+. The van der Waals surface area contributed by atoms with Crippen LogP contribution in [0.15, 0.2) is 70.6 Å². The molecule has 0 bridgehead atoms. The zero-order chi connectivity index (χ0) is 35.2. The van der Waals surface area contributed by atoms with E-state index in [1.165, 1.54) is 61.4 Å². The highest BCUT2D eigenvalue weighted by atomic mass is 19.4. The van der Waals surface area contributed by atoms with Crippen molar-refractivity contribution in [3.63, 3.8) is 0 Å². The van der Waals surface area contributed by atoms with E-state index in [2.05, 4.69) is 15.3 Å². The highest BCUT2D eigenvalue weighted by molar-refractivity contribution is 5.99. The van der Waals surface area contributed by atoms with Crippen molar-refractivity contribution < 1.29 is 37.0 Å². The highest BCUT2D eigenvalue weighted by Gasteiger charge is 2.45. The van der Waals surface area contributed by atoms with E-state index >= 15 is 4.39 Å². The monoisotopic (exact) mass is 681 g/mol. The van der Waals surface area contributed by atoms with Gasteiger partial charge in [0.15, 0.2) is 6.04 Å². The Morgan fingerprint density at radius 1 is 1.12 bits per heavy atom. The van der Waals surface area contributed by atoms with Crippen molar-refractivity contribution in [2.45, 2.75) is 31.6 Å². The fourth-order valence-electron chi connectivity index (χ4n) is 6.11. The molecule has 49 heavy (non-hydrogen) atoms. The number of ether oxygens (including phenoxy) is 1. The molecule has 16 heteroatoms. The van der Waals surface area contributed by atoms with Gasteiger partial charge in [-0.05, 0) is 48.4 Å². The zero-order valence-corrected chi connectivity index (χ0v) is 26.0. The molecule has 0 aliphatic carbocycles. The second kappa shape index (κ2) is 12.8. The quantitative estimate of drug-likeness (QED) is 0.203. The van der Waals surface area contributed by atoms with Crippen molar-refractivity contribution in [2.75, 3.05) is 24.7 Å². The Kier molecular flexibility index (Phi) is 8.66. The van der Waals surface area contributed by atoms with Crippen molar-refractivity contribution in [2.24, 2.45) is 7.05 Å². The average Bonchev–Trinajstić information content (AvgIpc) is 3.07. The summed E-state index contributed by atoms with van der Waals surface area (Å²) in [4.78, 5) is 62.0. The van der Waals surface area contributed by atoms with E-state index < -0.39 is 59.4 Å². The van der Waals surface area contributed by atoms with Crippen molar-refractivity contribution >= 4 is 39.4 Å². The van der Waals surface area contributed by atoms with Crippen LogP contribution in [0.3, 0.4) is 0 Å². The number of halogens is 4. The first kappa shape index (κ1) is 33.3. The maximum absolute atomic E-state index is 15.4. The summed E-state index contributed by atoms with van der Waals surface area (Å²) in [7, 11) is 1.50. The van der Waals surface area contributed by atoms with Gasteiger partial charge in [0.2, 0.25) is 0 Å². The molecule has 0 saturated carbocycles. The van der Waals surface area contributed by atoms with Gasteiger partial charge in [-0.2, -0.15) is 13.2 Å². The first-order valence-corrected chi connectivity index (χ1v) is 15.0. The summed E-state index contributed by atoms with van der Waals surface area (Å²) in [5, 5.41) is 10.9. The Morgan fingerprint density at radius 2 is 1.90 bits per heavy atom. The zero-order valence-electron chi connectivity index (χ0n) is 26.0. The maximum atomic E-state index is 15.4. The number of pyridine rings is 2.